The quantitative estimate of drug-likeness (QED) is 0.0211. The fourth-order valence-electron chi connectivity index (χ4n) is 12.9. The number of hydrogen-bond acceptors (Lipinski definition) is 7. The number of esters is 2. The summed E-state index contributed by atoms with van der Waals surface area (Å²) in [5.41, 5.74) is 0. The number of carbonyl (C=O) groups is 2. The minimum absolute atomic E-state index is 0.0348. The molecular formula is C87H165NO8P+. The van der Waals surface area contributed by atoms with E-state index in [0.717, 1.165) is 64.2 Å². The van der Waals surface area contributed by atoms with Gasteiger partial charge in [0.15, 0.2) is 6.10 Å². The van der Waals surface area contributed by atoms with E-state index in [4.69, 9.17) is 18.5 Å². The Morgan fingerprint density at radius 3 is 0.876 bits per heavy atom. The van der Waals surface area contributed by atoms with Gasteiger partial charge in [-0.25, -0.2) is 4.57 Å². The summed E-state index contributed by atoms with van der Waals surface area (Å²) in [5.74, 6) is -0.770. The summed E-state index contributed by atoms with van der Waals surface area (Å²) in [7, 11) is 1.50. The van der Waals surface area contributed by atoms with Crippen LogP contribution in [0.15, 0.2) is 60.8 Å². The molecule has 10 heteroatoms. The minimum atomic E-state index is -4.39. The highest BCUT2D eigenvalue weighted by Crippen LogP contribution is 2.43. The second kappa shape index (κ2) is 77.9. The number of carbonyl (C=O) groups excluding carboxylic acids is 2. The predicted octanol–water partition coefficient (Wildman–Crippen LogP) is 28.5. The van der Waals surface area contributed by atoms with Crippen molar-refractivity contribution >= 4 is 19.8 Å². The SMILES string of the molecule is CC/C=C\C/C=C\C/C=C\C/C=C\C/C=C\CCCCCCCCCCCCCCCCCCCCCCCCCC(=O)OC(COC(=O)CCCCCCCCCCCCCCCCCCCCCCCCCCCCCCCCCCCC)COP(=O)(O)OCC[N+](C)(C)C. The van der Waals surface area contributed by atoms with Gasteiger partial charge in [-0.05, 0) is 57.8 Å². The molecule has 0 fully saturated rings. The number of hydrogen-bond donors (Lipinski definition) is 1. The lowest BCUT2D eigenvalue weighted by atomic mass is 10.0. The first-order chi connectivity index (χ1) is 47.5. The van der Waals surface area contributed by atoms with Crippen molar-refractivity contribution in [2.75, 3.05) is 47.5 Å². The van der Waals surface area contributed by atoms with E-state index in [1.807, 2.05) is 21.1 Å². The molecule has 97 heavy (non-hydrogen) atoms. The Hall–Kier alpha value is -2.29. The molecule has 0 rings (SSSR count). The first kappa shape index (κ1) is 94.7. The Bertz CT molecular complexity index is 1820. The van der Waals surface area contributed by atoms with Crippen molar-refractivity contribution in [3.05, 3.63) is 60.8 Å². The van der Waals surface area contributed by atoms with Crippen LogP contribution in [0.2, 0.25) is 0 Å². The number of allylic oxidation sites excluding steroid dienone is 10. The van der Waals surface area contributed by atoms with Crippen LogP contribution in [0.25, 0.3) is 0 Å². The number of phosphoric acid groups is 1. The molecule has 1 N–H and O–H groups in total. The monoisotopic (exact) mass is 1380 g/mol. The minimum Gasteiger partial charge on any atom is -0.462 e. The van der Waals surface area contributed by atoms with Crippen LogP contribution < -0.4 is 0 Å². The Morgan fingerprint density at radius 1 is 0.330 bits per heavy atom. The van der Waals surface area contributed by atoms with Gasteiger partial charge >= 0.3 is 19.8 Å². The van der Waals surface area contributed by atoms with Crippen molar-refractivity contribution in [1.29, 1.82) is 0 Å². The lowest BCUT2D eigenvalue weighted by Gasteiger charge is -2.24. The normalized spacial score (nSPS) is 13.3. The average Bonchev–Trinajstić information content (AvgIpc) is 1.69. The Labute approximate surface area is 604 Å². The van der Waals surface area contributed by atoms with Gasteiger partial charge in [0.2, 0.25) is 0 Å². The lowest BCUT2D eigenvalue weighted by Crippen LogP contribution is -2.37. The molecule has 0 aromatic heterocycles. The van der Waals surface area contributed by atoms with Gasteiger partial charge in [-0.15, -0.1) is 0 Å². The average molecular weight is 1380 g/mol. The molecule has 2 atom stereocenters. The molecule has 2 unspecified atom stereocenters. The van der Waals surface area contributed by atoms with E-state index in [-0.39, 0.29) is 25.6 Å². The lowest BCUT2D eigenvalue weighted by molar-refractivity contribution is -0.870. The van der Waals surface area contributed by atoms with Gasteiger partial charge in [0.1, 0.15) is 19.8 Å². The summed E-state index contributed by atoms with van der Waals surface area (Å²) >= 11 is 0. The van der Waals surface area contributed by atoms with Crippen LogP contribution in [0, 0.1) is 0 Å². The van der Waals surface area contributed by atoms with Crippen molar-refractivity contribution in [2.45, 2.75) is 437 Å². The van der Waals surface area contributed by atoms with E-state index in [1.54, 1.807) is 0 Å². The molecule has 0 aliphatic carbocycles. The zero-order chi connectivity index (χ0) is 70.4. The van der Waals surface area contributed by atoms with Gasteiger partial charge in [0, 0.05) is 12.8 Å². The maximum atomic E-state index is 12.9. The number of phosphoric ester groups is 1. The zero-order valence-electron chi connectivity index (χ0n) is 65.3. The van der Waals surface area contributed by atoms with Gasteiger partial charge < -0.3 is 18.9 Å². The van der Waals surface area contributed by atoms with Crippen molar-refractivity contribution in [2.24, 2.45) is 0 Å². The van der Waals surface area contributed by atoms with E-state index in [0.29, 0.717) is 23.9 Å². The van der Waals surface area contributed by atoms with Crippen LogP contribution in [0.5, 0.6) is 0 Å². The summed E-state index contributed by atoms with van der Waals surface area (Å²) in [6.07, 6.45) is 105. The third kappa shape index (κ3) is 82.6. The highest BCUT2D eigenvalue weighted by molar-refractivity contribution is 7.47. The molecule has 570 valence electrons. The summed E-state index contributed by atoms with van der Waals surface area (Å²) in [6, 6.07) is 0. The van der Waals surface area contributed by atoms with E-state index in [9.17, 15) is 19.0 Å². The summed E-state index contributed by atoms with van der Waals surface area (Å²) < 4.78 is 34.9. The van der Waals surface area contributed by atoms with E-state index < -0.39 is 26.5 Å². The Morgan fingerprint density at radius 2 is 0.588 bits per heavy atom. The molecule has 0 aromatic carbocycles. The van der Waals surface area contributed by atoms with Gasteiger partial charge in [0.05, 0.1) is 27.7 Å². The zero-order valence-corrected chi connectivity index (χ0v) is 66.2. The number of nitrogens with zero attached hydrogens (tertiary/aromatic N) is 1. The highest BCUT2D eigenvalue weighted by atomic mass is 31.2. The largest absolute Gasteiger partial charge is 0.472 e. The van der Waals surface area contributed by atoms with Crippen LogP contribution in [0.3, 0.4) is 0 Å². The number of unbranched alkanes of at least 4 members (excludes halogenated alkanes) is 56. The van der Waals surface area contributed by atoms with Crippen LogP contribution in [-0.4, -0.2) is 74.9 Å². The van der Waals surface area contributed by atoms with Crippen molar-refractivity contribution < 1.29 is 42.1 Å². The fourth-order valence-corrected chi connectivity index (χ4v) is 13.6. The number of quaternary nitrogens is 1. The standard InChI is InChI=1S/C87H164NO8P/c1-6-8-10-12-14-16-18-20-22-24-26-28-30-32-34-36-38-40-42-43-44-45-46-48-50-52-54-56-58-60-62-64-66-68-70-72-74-76-78-80-87(90)96-85(84-95-97(91,92)94-82-81-88(3,4)5)83-93-86(89)79-77-75-73-71-69-67-65-63-61-59-57-55-53-51-49-47-41-39-37-35-33-31-29-27-25-23-21-19-17-15-13-11-9-7-2/h8,10,14,16,20,22,26,28,32,34,85H,6-7,9,11-13,15,17-19,21,23-25,27,29-31,33,35-84H2,1-5H3/p+1/b10-8-,16-14-,22-20-,28-26-,34-32-. The second-order valence-corrected chi connectivity index (χ2v) is 31.7. The predicted molar refractivity (Wildman–Crippen MR) is 423 cm³/mol. The highest BCUT2D eigenvalue weighted by Gasteiger charge is 2.27. The van der Waals surface area contributed by atoms with Crippen LogP contribution in [-0.2, 0) is 32.7 Å². The molecule has 0 spiro atoms. The van der Waals surface area contributed by atoms with Crippen molar-refractivity contribution in [3.63, 3.8) is 0 Å². The third-order valence-electron chi connectivity index (χ3n) is 19.3. The van der Waals surface area contributed by atoms with Crippen LogP contribution >= 0.6 is 7.82 Å². The van der Waals surface area contributed by atoms with Crippen LogP contribution in [0.1, 0.15) is 431 Å². The Balaban J connectivity index is 3.87. The molecule has 0 bridgehead atoms. The maximum absolute atomic E-state index is 12.9. The molecular weight excluding hydrogens is 1220 g/mol. The molecule has 0 aromatic rings. The van der Waals surface area contributed by atoms with Gasteiger partial charge in [-0.3, -0.25) is 18.6 Å². The van der Waals surface area contributed by atoms with E-state index >= 15 is 0 Å². The Kier molecular flexibility index (Phi) is 76.0. The molecule has 9 nitrogen and oxygen atoms in total. The number of ether oxygens (including phenoxy) is 2. The van der Waals surface area contributed by atoms with Gasteiger partial charge in [-0.1, -0.05) is 421 Å². The second-order valence-electron chi connectivity index (χ2n) is 30.2. The molecule has 0 aliphatic rings. The van der Waals surface area contributed by atoms with Gasteiger partial charge in [-0.2, -0.15) is 0 Å². The van der Waals surface area contributed by atoms with E-state index in [1.165, 1.54) is 334 Å². The molecule has 0 radical (unpaired) electrons. The topological polar surface area (TPSA) is 108 Å². The van der Waals surface area contributed by atoms with Crippen molar-refractivity contribution in [1.82, 2.24) is 0 Å². The third-order valence-corrected chi connectivity index (χ3v) is 20.3. The summed E-state index contributed by atoms with van der Waals surface area (Å²) in [5, 5.41) is 0. The van der Waals surface area contributed by atoms with Gasteiger partial charge in [0.25, 0.3) is 0 Å². The van der Waals surface area contributed by atoms with Crippen LogP contribution in [0.4, 0.5) is 0 Å². The molecule has 0 saturated heterocycles. The fraction of sp³-hybridized carbons (Fsp3) is 0.862. The summed E-state index contributed by atoms with van der Waals surface area (Å²) in [6.45, 7) is 4.40. The molecule has 0 aliphatic heterocycles. The molecule has 0 saturated carbocycles. The van der Waals surface area contributed by atoms with E-state index in [2.05, 4.69) is 74.6 Å². The molecule has 0 amide bonds. The maximum Gasteiger partial charge on any atom is 0.472 e. The van der Waals surface area contributed by atoms with Crippen molar-refractivity contribution in [3.8, 4) is 0 Å². The smallest absolute Gasteiger partial charge is 0.462 e. The summed E-state index contributed by atoms with van der Waals surface area (Å²) in [4.78, 5) is 36.0. The first-order valence-corrected chi connectivity index (χ1v) is 44.0. The number of rotatable bonds is 80. The number of likely N-dealkylation sites (N-methyl/N-ethyl adjacent to an activating group) is 1. The first-order valence-electron chi connectivity index (χ1n) is 42.5. The molecule has 0 heterocycles.